The summed E-state index contributed by atoms with van der Waals surface area (Å²) in [4.78, 5) is 14.1. The molecule has 0 saturated carbocycles. The number of benzene rings is 1. The first-order valence-electron chi connectivity index (χ1n) is 6.41. The van der Waals surface area contributed by atoms with E-state index in [9.17, 15) is 4.79 Å². The Morgan fingerprint density at radius 3 is 3.00 bits per heavy atom. The van der Waals surface area contributed by atoms with Crippen molar-refractivity contribution in [3.8, 4) is 0 Å². The van der Waals surface area contributed by atoms with Crippen LogP contribution in [-0.2, 0) is 11.2 Å². The fourth-order valence-electron chi connectivity index (χ4n) is 2.30. The lowest BCUT2D eigenvalue weighted by Crippen LogP contribution is -2.52. The van der Waals surface area contributed by atoms with E-state index in [-0.39, 0.29) is 18.3 Å². The summed E-state index contributed by atoms with van der Waals surface area (Å²) >= 11 is 5.93. The number of amides is 1. The highest BCUT2D eigenvalue weighted by Gasteiger charge is 2.22. The van der Waals surface area contributed by atoms with Gasteiger partial charge in [0.2, 0.25) is 5.91 Å². The van der Waals surface area contributed by atoms with Gasteiger partial charge >= 0.3 is 0 Å². The Labute approximate surface area is 125 Å². The number of hydrogen-bond acceptors (Lipinski definition) is 2. The summed E-state index contributed by atoms with van der Waals surface area (Å²) in [5.74, 6) is 0.240. The molecular formula is C14H20Cl2N2O. The Hall–Kier alpha value is -0.770. The van der Waals surface area contributed by atoms with Gasteiger partial charge in [0, 0.05) is 37.1 Å². The van der Waals surface area contributed by atoms with Gasteiger partial charge in [0.1, 0.15) is 0 Å². The van der Waals surface area contributed by atoms with Crippen LogP contribution in [0.25, 0.3) is 0 Å². The molecule has 1 fully saturated rings. The minimum atomic E-state index is 0. The van der Waals surface area contributed by atoms with Crippen molar-refractivity contribution in [3.63, 3.8) is 0 Å². The van der Waals surface area contributed by atoms with Gasteiger partial charge in [-0.25, -0.2) is 0 Å². The molecule has 1 aromatic carbocycles. The molecular weight excluding hydrogens is 283 g/mol. The first kappa shape index (κ1) is 16.3. The van der Waals surface area contributed by atoms with Crippen LogP contribution in [0.1, 0.15) is 18.9 Å². The van der Waals surface area contributed by atoms with Gasteiger partial charge in [-0.15, -0.1) is 12.4 Å². The number of carbonyl (C=O) groups is 1. The van der Waals surface area contributed by atoms with E-state index in [1.165, 1.54) is 0 Å². The van der Waals surface area contributed by atoms with Crippen molar-refractivity contribution in [2.75, 3.05) is 19.6 Å². The SMILES string of the molecule is CC1CNCCN1C(=O)CCc1cccc(Cl)c1.Cl. The first-order chi connectivity index (χ1) is 8.66. The molecule has 1 unspecified atom stereocenters. The Kier molecular flexibility index (Phi) is 6.63. The standard InChI is InChI=1S/C14H19ClN2O.ClH/c1-11-10-16-7-8-17(11)14(18)6-5-12-3-2-4-13(15)9-12;/h2-4,9,11,16H,5-8,10H2,1H3;1H. The molecule has 1 aliphatic rings. The molecule has 1 aromatic rings. The van der Waals surface area contributed by atoms with E-state index < -0.39 is 0 Å². The van der Waals surface area contributed by atoms with Gasteiger partial charge in [0.05, 0.1) is 0 Å². The van der Waals surface area contributed by atoms with E-state index in [1.54, 1.807) is 0 Å². The van der Waals surface area contributed by atoms with E-state index in [4.69, 9.17) is 11.6 Å². The molecule has 0 aliphatic carbocycles. The molecule has 1 amide bonds. The van der Waals surface area contributed by atoms with Crippen LogP contribution >= 0.6 is 24.0 Å². The Balaban J connectivity index is 0.00000180. The summed E-state index contributed by atoms with van der Waals surface area (Å²) in [5.41, 5.74) is 1.12. The van der Waals surface area contributed by atoms with Crippen molar-refractivity contribution in [3.05, 3.63) is 34.9 Å². The smallest absolute Gasteiger partial charge is 0.223 e. The number of halogens is 2. The second-order valence-corrected chi connectivity index (χ2v) is 5.21. The van der Waals surface area contributed by atoms with Crippen LogP contribution in [0, 0.1) is 0 Å². The molecule has 0 aromatic heterocycles. The highest BCUT2D eigenvalue weighted by Crippen LogP contribution is 2.13. The van der Waals surface area contributed by atoms with E-state index in [0.717, 1.165) is 36.6 Å². The van der Waals surface area contributed by atoms with Gasteiger partial charge in [0.15, 0.2) is 0 Å². The average molecular weight is 303 g/mol. The van der Waals surface area contributed by atoms with Gasteiger partial charge in [-0.05, 0) is 31.0 Å². The summed E-state index contributed by atoms with van der Waals surface area (Å²) < 4.78 is 0. The molecule has 1 N–H and O–H groups in total. The number of piperazine rings is 1. The average Bonchev–Trinajstić information content (AvgIpc) is 2.37. The van der Waals surface area contributed by atoms with Crippen LogP contribution in [0.2, 0.25) is 5.02 Å². The van der Waals surface area contributed by atoms with Crippen molar-refractivity contribution in [1.82, 2.24) is 10.2 Å². The Morgan fingerprint density at radius 1 is 1.53 bits per heavy atom. The second kappa shape index (κ2) is 7.73. The first-order valence-corrected chi connectivity index (χ1v) is 6.79. The summed E-state index contributed by atoms with van der Waals surface area (Å²) in [7, 11) is 0. The zero-order valence-corrected chi connectivity index (χ0v) is 12.6. The Morgan fingerprint density at radius 2 is 2.32 bits per heavy atom. The summed E-state index contributed by atoms with van der Waals surface area (Å²) in [6.45, 7) is 4.69. The van der Waals surface area contributed by atoms with E-state index >= 15 is 0 Å². The molecule has 1 aliphatic heterocycles. The molecule has 3 nitrogen and oxygen atoms in total. The maximum atomic E-state index is 12.1. The zero-order valence-electron chi connectivity index (χ0n) is 11.1. The van der Waals surface area contributed by atoms with Crippen LogP contribution in [0.15, 0.2) is 24.3 Å². The van der Waals surface area contributed by atoms with Gasteiger partial charge in [-0.2, -0.15) is 0 Å². The van der Waals surface area contributed by atoms with E-state index in [0.29, 0.717) is 12.5 Å². The normalized spacial score (nSPS) is 18.8. The lowest BCUT2D eigenvalue weighted by Gasteiger charge is -2.34. The summed E-state index contributed by atoms with van der Waals surface area (Å²) in [6.07, 6.45) is 1.32. The van der Waals surface area contributed by atoms with E-state index in [2.05, 4.69) is 12.2 Å². The quantitative estimate of drug-likeness (QED) is 0.930. The molecule has 0 bridgehead atoms. The van der Waals surface area contributed by atoms with E-state index in [1.807, 2.05) is 29.2 Å². The number of hydrogen-bond donors (Lipinski definition) is 1. The summed E-state index contributed by atoms with van der Waals surface area (Å²) in [6, 6.07) is 8.02. The fourth-order valence-corrected chi connectivity index (χ4v) is 2.51. The lowest BCUT2D eigenvalue weighted by molar-refractivity contribution is -0.133. The van der Waals surface area contributed by atoms with Crippen LogP contribution < -0.4 is 5.32 Å². The van der Waals surface area contributed by atoms with Crippen LogP contribution in [0.5, 0.6) is 0 Å². The number of carbonyl (C=O) groups excluding carboxylic acids is 1. The predicted octanol–water partition coefficient (Wildman–Crippen LogP) is 2.51. The van der Waals surface area contributed by atoms with Gasteiger partial charge in [0.25, 0.3) is 0 Å². The Bertz CT molecular complexity index is 426. The lowest BCUT2D eigenvalue weighted by atomic mass is 10.1. The van der Waals surface area contributed by atoms with Gasteiger partial charge < -0.3 is 10.2 Å². The molecule has 19 heavy (non-hydrogen) atoms. The maximum Gasteiger partial charge on any atom is 0.223 e. The van der Waals surface area contributed by atoms with Gasteiger partial charge in [-0.1, -0.05) is 23.7 Å². The summed E-state index contributed by atoms with van der Waals surface area (Å²) in [5, 5.41) is 4.02. The molecule has 2 rings (SSSR count). The minimum absolute atomic E-state index is 0. The topological polar surface area (TPSA) is 32.3 Å². The number of aryl methyl sites for hydroxylation is 1. The number of nitrogens with zero attached hydrogens (tertiary/aromatic N) is 1. The van der Waals surface area contributed by atoms with Crippen molar-refractivity contribution in [1.29, 1.82) is 0 Å². The van der Waals surface area contributed by atoms with Crippen molar-refractivity contribution < 1.29 is 4.79 Å². The molecule has 1 atom stereocenters. The third-order valence-electron chi connectivity index (χ3n) is 3.34. The molecule has 106 valence electrons. The largest absolute Gasteiger partial charge is 0.337 e. The highest BCUT2D eigenvalue weighted by molar-refractivity contribution is 6.30. The van der Waals surface area contributed by atoms with Crippen molar-refractivity contribution in [2.45, 2.75) is 25.8 Å². The van der Waals surface area contributed by atoms with Crippen molar-refractivity contribution in [2.24, 2.45) is 0 Å². The molecule has 1 saturated heterocycles. The second-order valence-electron chi connectivity index (χ2n) is 4.77. The zero-order chi connectivity index (χ0) is 13.0. The monoisotopic (exact) mass is 302 g/mol. The van der Waals surface area contributed by atoms with Gasteiger partial charge in [-0.3, -0.25) is 4.79 Å². The maximum absolute atomic E-state index is 12.1. The third-order valence-corrected chi connectivity index (χ3v) is 3.57. The van der Waals surface area contributed by atoms with Crippen LogP contribution in [-0.4, -0.2) is 36.5 Å². The molecule has 5 heteroatoms. The van der Waals surface area contributed by atoms with Crippen molar-refractivity contribution >= 4 is 29.9 Å². The predicted molar refractivity (Wildman–Crippen MR) is 81.1 cm³/mol. The minimum Gasteiger partial charge on any atom is -0.337 e. The number of rotatable bonds is 3. The van der Waals surface area contributed by atoms with Crippen LogP contribution in [0.4, 0.5) is 0 Å². The third kappa shape index (κ3) is 4.68. The fraction of sp³-hybridized carbons (Fsp3) is 0.500. The van der Waals surface area contributed by atoms with Crippen LogP contribution in [0.3, 0.4) is 0 Å². The highest BCUT2D eigenvalue weighted by atomic mass is 35.5. The number of nitrogens with one attached hydrogen (secondary N) is 1. The molecule has 0 spiro atoms. The molecule has 0 radical (unpaired) electrons. The molecule has 1 heterocycles.